The number of rotatable bonds is 5. The second-order valence-electron chi connectivity index (χ2n) is 6.05. The molecule has 5 heteroatoms. The summed E-state index contributed by atoms with van der Waals surface area (Å²) < 4.78 is 0. The highest BCUT2D eigenvalue weighted by Gasteiger charge is 2.23. The van der Waals surface area contributed by atoms with Gasteiger partial charge in [-0.25, -0.2) is 4.79 Å². The summed E-state index contributed by atoms with van der Waals surface area (Å²) in [6, 6.07) is 12.3. The van der Waals surface area contributed by atoms with Crippen LogP contribution >= 0.6 is 0 Å². The SMILES string of the molecule is Cc1ccc(N[C@@H](C)c2ccc(NC(=O)NC3CC3)cc2)cn1. The molecule has 1 heterocycles. The van der Waals surface area contributed by atoms with Crippen molar-refractivity contribution in [3.05, 3.63) is 53.9 Å². The van der Waals surface area contributed by atoms with E-state index in [1.807, 2.05) is 49.5 Å². The molecule has 2 aromatic rings. The van der Waals surface area contributed by atoms with Crippen LogP contribution in [0, 0.1) is 6.92 Å². The summed E-state index contributed by atoms with van der Waals surface area (Å²) in [5.41, 5.74) is 3.95. The van der Waals surface area contributed by atoms with Crippen LogP contribution in [0.1, 0.15) is 37.1 Å². The average molecular weight is 310 g/mol. The van der Waals surface area contributed by atoms with E-state index in [4.69, 9.17) is 0 Å². The van der Waals surface area contributed by atoms with Gasteiger partial charge in [0.2, 0.25) is 0 Å². The number of aromatic nitrogens is 1. The van der Waals surface area contributed by atoms with E-state index in [1.165, 1.54) is 0 Å². The van der Waals surface area contributed by atoms with Gasteiger partial charge in [0.1, 0.15) is 0 Å². The zero-order valence-electron chi connectivity index (χ0n) is 13.5. The minimum absolute atomic E-state index is 0.128. The molecule has 3 rings (SSSR count). The van der Waals surface area contributed by atoms with Gasteiger partial charge in [-0.05, 0) is 56.5 Å². The van der Waals surface area contributed by atoms with Crippen molar-refractivity contribution in [2.75, 3.05) is 10.6 Å². The van der Waals surface area contributed by atoms with Crippen LogP contribution in [-0.4, -0.2) is 17.1 Å². The lowest BCUT2D eigenvalue weighted by Crippen LogP contribution is -2.30. The molecular formula is C18H22N4O. The first-order chi connectivity index (χ1) is 11.1. The summed E-state index contributed by atoms with van der Waals surface area (Å²) >= 11 is 0. The van der Waals surface area contributed by atoms with E-state index in [1.54, 1.807) is 0 Å². The molecule has 0 saturated heterocycles. The molecule has 1 fully saturated rings. The minimum atomic E-state index is -0.128. The summed E-state index contributed by atoms with van der Waals surface area (Å²) in [6.07, 6.45) is 4.01. The molecule has 0 radical (unpaired) electrons. The maximum Gasteiger partial charge on any atom is 0.319 e. The quantitative estimate of drug-likeness (QED) is 0.786. The molecule has 5 nitrogen and oxygen atoms in total. The fourth-order valence-corrected chi connectivity index (χ4v) is 2.32. The summed E-state index contributed by atoms with van der Waals surface area (Å²) in [5, 5.41) is 9.18. The summed E-state index contributed by atoms with van der Waals surface area (Å²) in [4.78, 5) is 16.0. The van der Waals surface area contributed by atoms with Gasteiger partial charge in [-0.1, -0.05) is 12.1 Å². The highest BCUT2D eigenvalue weighted by atomic mass is 16.2. The van der Waals surface area contributed by atoms with E-state index in [9.17, 15) is 4.79 Å². The van der Waals surface area contributed by atoms with E-state index in [0.29, 0.717) is 6.04 Å². The Balaban J connectivity index is 1.57. The van der Waals surface area contributed by atoms with Crippen LogP contribution in [-0.2, 0) is 0 Å². The Morgan fingerprint density at radius 1 is 1.13 bits per heavy atom. The molecule has 0 aliphatic heterocycles. The van der Waals surface area contributed by atoms with Gasteiger partial charge in [-0.15, -0.1) is 0 Å². The third kappa shape index (κ3) is 4.45. The number of pyridine rings is 1. The Bertz CT molecular complexity index is 662. The van der Waals surface area contributed by atoms with Crippen LogP contribution < -0.4 is 16.0 Å². The lowest BCUT2D eigenvalue weighted by Gasteiger charge is -2.16. The summed E-state index contributed by atoms with van der Waals surface area (Å²) in [5.74, 6) is 0. The Morgan fingerprint density at radius 2 is 1.83 bits per heavy atom. The molecule has 2 amide bonds. The lowest BCUT2D eigenvalue weighted by atomic mass is 10.1. The Hall–Kier alpha value is -2.56. The van der Waals surface area contributed by atoms with Crippen molar-refractivity contribution in [3.8, 4) is 0 Å². The fraction of sp³-hybridized carbons (Fsp3) is 0.333. The Morgan fingerprint density at radius 3 is 2.43 bits per heavy atom. The smallest absolute Gasteiger partial charge is 0.319 e. The first kappa shape index (κ1) is 15.3. The van der Waals surface area contributed by atoms with E-state index in [0.717, 1.165) is 35.5 Å². The van der Waals surface area contributed by atoms with Gasteiger partial charge in [0.15, 0.2) is 0 Å². The van der Waals surface area contributed by atoms with E-state index in [-0.39, 0.29) is 12.1 Å². The van der Waals surface area contributed by atoms with Crippen molar-refractivity contribution in [2.24, 2.45) is 0 Å². The molecular weight excluding hydrogens is 288 g/mol. The van der Waals surface area contributed by atoms with Crippen molar-refractivity contribution in [2.45, 2.75) is 38.8 Å². The van der Waals surface area contributed by atoms with Crippen molar-refractivity contribution in [1.29, 1.82) is 0 Å². The number of carbonyl (C=O) groups excluding carboxylic acids is 1. The van der Waals surface area contributed by atoms with Gasteiger partial charge < -0.3 is 16.0 Å². The molecule has 1 aliphatic carbocycles. The molecule has 0 spiro atoms. The monoisotopic (exact) mass is 310 g/mol. The molecule has 1 atom stereocenters. The molecule has 1 aliphatic rings. The predicted octanol–water partition coefficient (Wildman–Crippen LogP) is 3.85. The van der Waals surface area contributed by atoms with E-state index < -0.39 is 0 Å². The van der Waals surface area contributed by atoms with Gasteiger partial charge >= 0.3 is 6.03 Å². The predicted molar refractivity (Wildman–Crippen MR) is 92.6 cm³/mol. The number of benzene rings is 1. The van der Waals surface area contributed by atoms with Crippen molar-refractivity contribution in [1.82, 2.24) is 10.3 Å². The molecule has 0 bridgehead atoms. The van der Waals surface area contributed by atoms with Crippen LogP contribution in [0.15, 0.2) is 42.6 Å². The fourth-order valence-electron chi connectivity index (χ4n) is 2.32. The minimum Gasteiger partial charge on any atom is -0.377 e. The zero-order valence-corrected chi connectivity index (χ0v) is 13.5. The third-order valence-electron chi connectivity index (χ3n) is 3.88. The number of nitrogens with one attached hydrogen (secondary N) is 3. The highest BCUT2D eigenvalue weighted by Crippen LogP contribution is 2.21. The number of nitrogens with zero attached hydrogens (tertiary/aromatic N) is 1. The van der Waals surface area contributed by atoms with Crippen molar-refractivity contribution >= 4 is 17.4 Å². The van der Waals surface area contributed by atoms with Crippen LogP contribution in [0.25, 0.3) is 0 Å². The number of hydrogen-bond donors (Lipinski definition) is 3. The highest BCUT2D eigenvalue weighted by molar-refractivity contribution is 5.89. The second-order valence-corrected chi connectivity index (χ2v) is 6.05. The molecule has 3 N–H and O–H groups in total. The molecule has 0 unspecified atom stereocenters. The third-order valence-corrected chi connectivity index (χ3v) is 3.88. The van der Waals surface area contributed by atoms with Gasteiger partial charge in [0.05, 0.1) is 11.9 Å². The second kappa shape index (κ2) is 6.69. The van der Waals surface area contributed by atoms with E-state index in [2.05, 4.69) is 27.9 Å². The van der Waals surface area contributed by atoms with Crippen LogP contribution in [0.5, 0.6) is 0 Å². The molecule has 1 saturated carbocycles. The Kier molecular flexibility index (Phi) is 4.46. The first-order valence-electron chi connectivity index (χ1n) is 7.97. The number of carbonyl (C=O) groups is 1. The Labute approximate surface area is 136 Å². The molecule has 23 heavy (non-hydrogen) atoms. The summed E-state index contributed by atoms with van der Waals surface area (Å²) in [6.45, 7) is 4.07. The van der Waals surface area contributed by atoms with E-state index >= 15 is 0 Å². The number of anilines is 2. The first-order valence-corrected chi connectivity index (χ1v) is 7.97. The van der Waals surface area contributed by atoms with Crippen LogP contribution in [0.2, 0.25) is 0 Å². The molecule has 1 aromatic heterocycles. The van der Waals surface area contributed by atoms with Gasteiger partial charge in [-0.3, -0.25) is 4.98 Å². The van der Waals surface area contributed by atoms with Crippen LogP contribution in [0.4, 0.5) is 16.2 Å². The molecule has 1 aromatic carbocycles. The number of hydrogen-bond acceptors (Lipinski definition) is 3. The van der Waals surface area contributed by atoms with Gasteiger partial charge in [-0.2, -0.15) is 0 Å². The van der Waals surface area contributed by atoms with Crippen molar-refractivity contribution in [3.63, 3.8) is 0 Å². The summed E-state index contributed by atoms with van der Waals surface area (Å²) in [7, 11) is 0. The van der Waals surface area contributed by atoms with Gasteiger partial charge in [0, 0.05) is 23.5 Å². The average Bonchev–Trinajstić information content (AvgIpc) is 3.34. The molecule has 120 valence electrons. The number of aryl methyl sites for hydroxylation is 1. The number of urea groups is 1. The zero-order chi connectivity index (χ0) is 16.2. The largest absolute Gasteiger partial charge is 0.377 e. The van der Waals surface area contributed by atoms with Gasteiger partial charge in [0.25, 0.3) is 0 Å². The number of amides is 2. The lowest BCUT2D eigenvalue weighted by molar-refractivity contribution is 0.251. The maximum absolute atomic E-state index is 11.7. The maximum atomic E-state index is 11.7. The van der Waals surface area contributed by atoms with Crippen LogP contribution in [0.3, 0.4) is 0 Å². The standard InChI is InChI=1S/C18H22N4O/c1-12-3-6-17(11-19-12)20-13(2)14-4-7-15(8-5-14)21-18(23)22-16-9-10-16/h3-8,11,13,16,20H,9-10H2,1-2H3,(H2,21,22,23)/t13-/m0/s1. The topological polar surface area (TPSA) is 66.0 Å². The normalized spacial score (nSPS) is 14.9. The van der Waals surface area contributed by atoms with Crippen molar-refractivity contribution < 1.29 is 4.79 Å².